The fourth-order valence-electron chi connectivity index (χ4n) is 14.3. The lowest BCUT2D eigenvalue weighted by atomic mass is 9.95. The van der Waals surface area contributed by atoms with Crippen molar-refractivity contribution in [2.75, 3.05) is 74.0 Å². The predicted molar refractivity (Wildman–Crippen MR) is 391 cm³/mol. The number of nitrogens with one attached hydrogen (secondary N) is 6. The van der Waals surface area contributed by atoms with Crippen LogP contribution in [0.3, 0.4) is 0 Å². The van der Waals surface area contributed by atoms with E-state index in [2.05, 4.69) is 42.2 Å². The average Bonchev–Trinajstić information content (AvgIpc) is 1.58. The van der Waals surface area contributed by atoms with Gasteiger partial charge in [-0.15, -0.1) is 5.10 Å². The molecular formula is C78H84FN13O15. The molecule has 5 atom stereocenters. The van der Waals surface area contributed by atoms with Crippen LogP contribution in [0.1, 0.15) is 110 Å². The van der Waals surface area contributed by atoms with Crippen LogP contribution in [-0.4, -0.2) is 167 Å². The summed E-state index contributed by atoms with van der Waals surface area (Å²) in [4.78, 5) is 129. The molecule has 1 unspecified atom stereocenters. The minimum atomic E-state index is -1.51. The van der Waals surface area contributed by atoms with Crippen LogP contribution < -0.4 is 60.6 Å². The van der Waals surface area contributed by atoms with E-state index in [4.69, 9.17) is 23.7 Å². The summed E-state index contributed by atoms with van der Waals surface area (Å²) < 4.78 is 45.3. The molecule has 5 aliphatic heterocycles. The fourth-order valence-corrected chi connectivity index (χ4v) is 14.3. The Morgan fingerprint density at radius 1 is 0.729 bits per heavy atom. The van der Waals surface area contributed by atoms with Gasteiger partial charge in [0, 0.05) is 74.0 Å². The summed E-state index contributed by atoms with van der Waals surface area (Å²) in [5, 5.41) is 37.4. The van der Waals surface area contributed by atoms with Crippen molar-refractivity contribution in [1.29, 1.82) is 0 Å². The van der Waals surface area contributed by atoms with Gasteiger partial charge in [-0.2, -0.15) is 0 Å². The molecule has 0 radical (unpaired) electrons. The molecule has 9 amide bonds. The van der Waals surface area contributed by atoms with Gasteiger partial charge in [0.1, 0.15) is 30.2 Å². The van der Waals surface area contributed by atoms with E-state index in [9.17, 15) is 52.6 Å². The zero-order valence-electron chi connectivity index (χ0n) is 60.1. The molecule has 7 N–H and O–H groups in total. The van der Waals surface area contributed by atoms with Crippen LogP contribution in [0.2, 0.25) is 0 Å². The number of nitrogens with zero attached hydrogens (tertiary/aromatic N) is 7. The number of methoxy groups -OCH3 is 2. The summed E-state index contributed by atoms with van der Waals surface area (Å²) in [6.45, 7) is 7.42. The van der Waals surface area contributed by atoms with E-state index in [0.717, 1.165) is 51.3 Å². The molecular weight excluding hydrogens is 1380 g/mol. The molecule has 1 saturated heterocycles. The van der Waals surface area contributed by atoms with E-state index >= 15 is 0 Å². The lowest BCUT2D eigenvalue weighted by molar-refractivity contribution is -0.132. The standard InChI is InChI=1S/C78H84FN13O15/c1-7-91-71-53-14-9-8-13-48(53)40-89(58-16-11-10-15-54(58)70(71)86-87-91)68(96)26-25-65(93)81-38-66(94)82-39-67(95)85-69(44(2)3)73(98)83-45(4)72(97)84-51-23-17-46(18-24-51)42-107-77(102)92-59-35-64(62(104-6)33-56(59)75(100)90-43-78(27-28-78)36-60(90)76(92)101)106-30-12-29-105-63-34-57-55(32-61(63)103-5)74(99)88-41-49(31-52(88)37-80-57)47-19-21-50(79)22-20-47/h8-11,13-24,32-35,41,44-45,52,60,69,76,80,101H,7,12,25-31,36-40,42-43H2,1-6H3,(H,81,93)(H,82,94)(H,83,98)(H,84,97)(H,85,95)/t45-,52-,60-,69-,76?/m0/s1. The lowest BCUT2D eigenvalue weighted by Gasteiger charge is -2.31. The second-order valence-corrected chi connectivity index (χ2v) is 27.8. The second kappa shape index (κ2) is 31.4. The minimum Gasteiger partial charge on any atom is -0.493 e. The summed E-state index contributed by atoms with van der Waals surface area (Å²) in [7, 11) is 2.91. The number of fused-ring (bicyclic) bond motifs is 9. The minimum absolute atomic E-state index is 0.0462. The maximum absolute atomic E-state index is 14.5. The lowest BCUT2D eigenvalue weighted by Crippen LogP contribution is -2.55. The Hall–Kier alpha value is -11.9. The van der Waals surface area contributed by atoms with Gasteiger partial charge in [-0.3, -0.25) is 38.4 Å². The fraction of sp³-hybridized carbons (Fsp3) is 0.372. The first kappa shape index (κ1) is 73.4. The van der Waals surface area contributed by atoms with E-state index in [0.29, 0.717) is 84.3 Å². The number of aliphatic hydroxyl groups excluding tert-OH is 1. The smallest absolute Gasteiger partial charge is 0.416 e. The van der Waals surface area contributed by atoms with Gasteiger partial charge in [0.05, 0.1) is 93.0 Å². The summed E-state index contributed by atoms with van der Waals surface area (Å²) >= 11 is 0. The van der Waals surface area contributed by atoms with Crippen LogP contribution in [0, 0.1) is 17.2 Å². The molecule has 1 spiro atoms. The number of anilines is 4. The number of hydrogen-bond donors (Lipinski definition) is 7. The van der Waals surface area contributed by atoms with Crippen molar-refractivity contribution >= 4 is 81.7 Å². The first-order chi connectivity index (χ1) is 51.6. The average molecular weight is 1460 g/mol. The predicted octanol–water partition coefficient (Wildman–Crippen LogP) is 7.93. The van der Waals surface area contributed by atoms with Gasteiger partial charge in [0.25, 0.3) is 11.8 Å². The highest BCUT2D eigenvalue weighted by molar-refractivity contribution is 6.07. The molecule has 0 bridgehead atoms. The second-order valence-electron chi connectivity index (χ2n) is 27.8. The summed E-state index contributed by atoms with van der Waals surface area (Å²) in [5.74, 6) is -3.85. The molecule has 29 heteroatoms. The van der Waals surface area contributed by atoms with E-state index in [-0.39, 0.29) is 97.0 Å². The number of halogens is 1. The van der Waals surface area contributed by atoms with Crippen LogP contribution in [-0.2, 0) is 53.2 Å². The number of carbonyl (C=O) groups excluding carboxylic acids is 9. The number of aliphatic hydroxyl groups is 1. The van der Waals surface area contributed by atoms with Crippen molar-refractivity contribution in [2.45, 2.75) is 123 Å². The quantitative estimate of drug-likeness (QED) is 0.0267. The number of aromatic nitrogens is 3. The van der Waals surface area contributed by atoms with E-state index in [1.54, 1.807) is 77.1 Å². The Morgan fingerprint density at radius 2 is 1.41 bits per heavy atom. The third kappa shape index (κ3) is 15.8. The van der Waals surface area contributed by atoms with Gasteiger partial charge >= 0.3 is 6.09 Å². The monoisotopic (exact) mass is 1460 g/mol. The van der Waals surface area contributed by atoms with E-state index in [1.165, 1.54) is 45.4 Å². The molecule has 107 heavy (non-hydrogen) atoms. The van der Waals surface area contributed by atoms with Gasteiger partial charge in [0.15, 0.2) is 29.2 Å². The normalized spacial score (nSPS) is 17.6. The topological polar surface area (TPSA) is 336 Å². The molecule has 1 aliphatic carbocycles. The molecule has 1 aromatic heterocycles. The van der Waals surface area contributed by atoms with Crippen molar-refractivity contribution in [3.05, 3.63) is 161 Å². The molecule has 28 nitrogen and oxygen atoms in total. The Kier molecular flexibility index (Phi) is 21.6. The summed E-state index contributed by atoms with van der Waals surface area (Å²) in [6, 6.07) is 30.9. The molecule has 7 aromatic rings. The van der Waals surface area contributed by atoms with Gasteiger partial charge in [-0.25, -0.2) is 18.8 Å². The maximum Gasteiger partial charge on any atom is 0.416 e. The number of para-hydroxylation sites is 1. The molecule has 6 aromatic carbocycles. The number of amides is 9. The highest BCUT2D eigenvalue weighted by Gasteiger charge is 2.58. The molecule has 6 heterocycles. The van der Waals surface area contributed by atoms with Crippen LogP contribution in [0.4, 0.5) is 31.9 Å². The molecule has 13 rings (SSSR count). The van der Waals surface area contributed by atoms with Crippen LogP contribution in [0.25, 0.3) is 28.1 Å². The largest absolute Gasteiger partial charge is 0.493 e. The van der Waals surface area contributed by atoms with Crippen LogP contribution in [0.5, 0.6) is 23.0 Å². The molecule has 2 fully saturated rings. The number of aryl methyl sites for hydroxylation is 1. The van der Waals surface area contributed by atoms with Crippen LogP contribution >= 0.6 is 0 Å². The Bertz CT molecular complexity index is 4660. The Morgan fingerprint density at radius 3 is 2.12 bits per heavy atom. The van der Waals surface area contributed by atoms with Crippen molar-refractivity contribution in [3.8, 4) is 45.5 Å². The highest BCUT2D eigenvalue weighted by Crippen LogP contribution is 2.57. The number of carbonyl (C=O) groups is 9. The third-order valence-electron chi connectivity index (χ3n) is 20.2. The van der Waals surface area contributed by atoms with Crippen LogP contribution in [0.15, 0.2) is 128 Å². The summed E-state index contributed by atoms with van der Waals surface area (Å²) in [6.07, 6.45) is 2.11. The molecule has 1 saturated carbocycles. The zero-order valence-corrected chi connectivity index (χ0v) is 60.1. The SMILES string of the molecule is CCn1nnc2c1-c1ccccc1CN(C(=O)CCC(=O)NCC(=O)NCC(=O)N[C@H](C(=O)N[C@@H](C)C(=O)Nc1ccc(COC(=O)N3c4cc(OCCCOc5cc6c(cc5OC)C(=O)N5C=C(c7ccc(F)cc7)C[C@H]5CN6)c(OC)cc4C(=O)N4CC5(CC5)C[C@H]4C3O)cc1)C(C)C)c1ccccc1-2. The van der Waals surface area contributed by atoms with E-state index in [1.807, 2.05) is 66.3 Å². The van der Waals surface area contributed by atoms with E-state index < -0.39 is 79.0 Å². The third-order valence-corrected chi connectivity index (χ3v) is 20.2. The zero-order chi connectivity index (χ0) is 75.4. The Labute approximate surface area is 616 Å². The molecule has 6 aliphatic rings. The molecule has 558 valence electrons. The number of rotatable bonds is 25. The van der Waals surface area contributed by atoms with Crippen molar-refractivity contribution in [2.24, 2.45) is 11.3 Å². The van der Waals surface area contributed by atoms with Gasteiger partial charge < -0.3 is 75.4 Å². The Balaban J connectivity index is 0.569. The summed E-state index contributed by atoms with van der Waals surface area (Å²) in [5.41, 5.74) is 8.15. The first-order valence-corrected chi connectivity index (χ1v) is 35.7. The van der Waals surface area contributed by atoms with Crippen molar-refractivity contribution in [1.82, 2.24) is 46.1 Å². The van der Waals surface area contributed by atoms with Gasteiger partial charge in [-0.1, -0.05) is 85.8 Å². The van der Waals surface area contributed by atoms with Gasteiger partial charge in [0.2, 0.25) is 35.4 Å². The maximum atomic E-state index is 14.5. The number of benzene rings is 6. The highest BCUT2D eigenvalue weighted by atomic mass is 19.1. The van der Waals surface area contributed by atoms with Crippen molar-refractivity contribution in [3.63, 3.8) is 0 Å². The first-order valence-electron chi connectivity index (χ1n) is 35.7. The van der Waals surface area contributed by atoms with Gasteiger partial charge in [-0.05, 0) is 116 Å². The van der Waals surface area contributed by atoms with Crippen molar-refractivity contribution < 1.29 is 76.3 Å². The number of ether oxygens (including phenoxy) is 5. The number of hydrogen-bond acceptors (Lipinski definition) is 18.